The van der Waals surface area contributed by atoms with Crippen molar-refractivity contribution in [3.05, 3.63) is 28.6 Å². The molecule has 8 heteroatoms. The second-order valence-corrected chi connectivity index (χ2v) is 7.45. The van der Waals surface area contributed by atoms with Crippen LogP contribution in [0.2, 0.25) is 0 Å². The average Bonchev–Trinajstić information content (AvgIpc) is 3.15. The van der Waals surface area contributed by atoms with E-state index in [1.165, 1.54) is 16.8 Å². The van der Waals surface area contributed by atoms with E-state index in [2.05, 4.69) is 27.4 Å². The third-order valence-corrected chi connectivity index (χ3v) is 5.45. The standard InChI is InChI=1S/C17H18N4O3S/c1-9-3-4-11-12(5-9)25-17-15(11)16(18-8-19-17)23-7-14(22)20-13-6-10(2)24-21-13/h6,8-9H,3-5,7H2,1-2H3,(H,20,21,22). The van der Waals surface area contributed by atoms with E-state index in [0.717, 1.165) is 29.5 Å². The van der Waals surface area contributed by atoms with Gasteiger partial charge in [0.25, 0.3) is 5.91 Å². The van der Waals surface area contributed by atoms with Gasteiger partial charge in [0.05, 0.1) is 5.39 Å². The van der Waals surface area contributed by atoms with Crippen molar-refractivity contribution in [2.75, 3.05) is 11.9 Å². The van der Waals surface area contributed by atoms with Crippen molar-refractivity contribution in [1.82, 2.24) is 15.1 Å². The van der Waals surface area contributed by atoms with E-state index in [1.807, 2.05) is 0 Å². The van der Waals surface area contributed by atoms with Gasteiger partial charge in [-0.05, 0) is 37.7 Å². The fraction of sp³-hybridized carbons (Fsp3) is 0.412. The Morgan fingerprint density at radius 1 is 1.48 bits per heavy atom. The third kappa shape index (κ3) is 3.21. The summed E-state index contributed by atoms with van der Waals surface area (Å²) >= 11 is 1.70. The number of aromatic nitrogens is 3. The number of hydrogen-bond donors (Lipinski definition) is 1. The molecule has 0 saturated heterocycles. The summed E-state index contributed by atoms with van der Waals surface area (Å²) in [6, 6.07) is 1.65. The molecular weight excluding hydrogens is 340 g/mol. The largest absolute Gasteiger partial charge is 0.467 e. The van der Waals surface area contributed by atoms with Crippen molar-refractivity contribution in [2.45, 2.75) is 33.1 Å². The highest BCUT2D eigenvalue weighted by Crippen LogP contribution is 2.40. The van der Waals surface area contributed by atoms with E-state index < -0.39 is 0 Å². The molecule has 0 fully saturated rings. The minimum Gasteiger partial charge on any atom is -0.467 e. The predicted molar refractivity (Wildman–Crippen MR) is 94.0 cm³/mol. The van der Waals surface area contributed by atoms with Crippen LogP contribution in [0.3, 0.4) is 0 Å². The van der Waals surface area contributed by atoms with Crippen molar-refractivity contribution in [2.24, 2.45) is 5.92 Å². The smallest absolute Gasteiger partial charge is 0.263 e. The predicted octanol–water partition coefficient (Wildman–Crippen LogP) is 3.13. The van der Waals surface area contributed by atoms with Gasteiger partial charge in [0.2, 0.25) is 5.88 Å². The molecular formula is C17H18N4O3S. The number of thiophene rings is 1. The summed E-state index contributed by atoms with van der Waals surface area (Å²) in [5.41, 5.74) is 1.28. The molecule has 0 aliphatic heterocycles. The summed E-state index contributed by atoms with van der Waals surface area (Å²) < 4.78 is 10.6. The van der Waals surface area contributed by atoms with Gasteiger partial charge < -0.3 is 14.6 Å². The minimum absolute atomic E-state index is 0.140. The van der Waals surface area contributed by atoms with Gasteiger partial charge in [0.15, 0.2) is 12.4 Å². The highest BCUT2D eigenvalue weighted by Gasteiger charge is 2.24. The molecule has 3 aromatic heterocycles. The Morgan fingerprint density at radius 3 is 3.16 bits per heavy atom. The van der Waals surface area contributed by atoms with Crippen LogP contribution in [0.4, 0.5) is 5.82 Å². The summed E-state index contributed by atoms with van der Waals surface area (Å²) in [6.45, 7) is 3.89. The van der Waals surface area contributed by atoms with Crippen molar-refractivity contribution in [3.8, 4) is 5.88 Å². The number of nitrogens with one attached hydrogen (secondary N) is 1. The molecule has 3 aromatic rings. The first-order valence-electron chi connectivity index (χ1n) is 8.21. The molecule has 1 aliphatic rings. The molecule has 130 valence electrons. The van der Waals surface area contributed by atoms with Gasteiger partial charge in [-0.2, -0.15) is 0 Å². The summed E-state index contributed by atoms with van der Waals surface area (Å²) in [7, 11) is 0. The van der Waals surface area contributed by atoms with Crippen LogP contribution < -0.4 is 10.1 Å². The van der Waals surface area contributed by atoms with E-state index in [-0.39, 0.29) is 12.5 Å². The van der Waals surface area contributed by atoms with E-state index in [1.54, 1.807) is 24.3 Å². The number of amides is 1. The Hall–Kier alpha value is -2.48. The Kier molecular flexibility index (Phi) is 4.12. The Bertz CT molecular complexity index is 933. The molecule has 0 spiro atoms. The molecule has 0 aromatic carbocycles. The van der Waals surface area contributed by atoms with Crippen LogP contribution in [0.5, 0.6) is 5.88 Å². The van der Waals surface area contributed by atoms with Crippen molar-refractivity contribution in [1.29, 1.82) is 0 Å². The number of fused-ring (bicyclic) bond motifs is 3. The fourth-order valence-electron chi connectivity index (χ4n) is 3.09. The number of aryl methyl sites for hydroxylation is 2. The van der Waals surface area contributed by atoms with Crippen LogP contribution >= 0.6 is 11.3 Å². The zero-order valence-electron chi connectivity index (χ0n) is 14.0. The minimum atomic E-state index is -0.308. The molecule has 1 atom stereocenters. The molecule has 0 saturated carbocycles. The molecule has 1 amide bonds. The van der Waals surface area contributed by atoms with Crippen LogP contribution in [0.15, 0.2) is 16.9 Å². The molecule has 4 rings (SSSR count). The van der Waals surface area contributed by atoms with Gasteiger partial charge in [0, 0.05) is 10.9 Å². The van der Waals surface area contributed by atoms with Gasteiger partial charge in [-0.15, -0.1) is 11.3 Å². The number of hydrogen-bond acceptors (Lipinski definition) is 7. The van der Waals surface area contributed by atoms with Crippen molar-refractivity contribution < 1.29 is 14.1 Å². The number of rotatable bonds is 4. The van der Waals surface area contributed by atoms with Gasteiger partial charge >= 0.3 is 0 Å². The van der Waals surface area contributed by atoms with E-state index >= 15 is 0 Å². The molecule has 25 heavy (non-hydrogen) atoms. The van der Waals surface area contributed by atoms with Gasteiger partial charge in [-0.3, -0.25) is 4.79 Å². The first-order chi connectivity index (χ1) is 12.1. The van der Waals surface area contributed by atoms with E-state index in [4.69, 9.17) is 9.26 Å². The van der Waals surface area contributed by atoms with Crippen LogP contribution in [-0.4, -0.2) is 27.6 Å². The monoisotopic (exact) mass is 358 g/mol. The molecule has 7 nitrogen and oxygen atoms in total. The molecule has 1 unspecified atom stereocenters. The Labute approximate surface area is 148 Å². The Morgan fingerprint density at radius 2 is 2.36 bits per heavy atom. The SMILES string of the molecule is Cc1cc(NC(=O)COc2ncnc3sc4c(c23)CCC(C)C4)no1. The second kappa shape index (κ2) is 6.44. The summed E-state index contributed by atoms with van der Waals surface area (Å²) in [6.07, 6.45) is 4.72. The van der Waals surface area contributed by atoms with Crippen LogP contribution in [-0.2, 0) is 17.6 Å². The highest BCUT2D eigenvalue weighted by molar-refractivity contribution is 7.18. The zero-order chi connectivity index (χ0) is 17.4. The lowest BCUT2D eigenvalue weighted by molar-refractivity contribution is -0.118. The zero-order valence-corrected chi connectivity index (χ0v) is 14.9. The number of carbonyl (C=O) groups excluding carboxylic acids is 1. The van der Waals surface area contributed by atoms with Crippen LogP contribution in [0.25, 0.3) is 10.2 Å². The number of nitrogens with zero attached hydrogens (tertiary/aromatic N) is 3. The van der Waals surface area contributed by atoms with Gasteiger partial charge in [-0.25, -0.2) is 9.97 Å². The molecule has 0 bridgehead atoms. The first kappa shape index (κ1) is 16.0. The molecule has 1 N–H and O–H groups in total. The van der Waals surface area contributed by atoms with Gasteiger partial charge in [-0.1, -0.05) is 12.1 Å². The highest BCUT2D eigenvalue weighted by atomic mass is 32.1. The fourth-order valence-corrected chi connectivity index (χ4v) is 4.43. The quantitative estimate of drug-likeness (QED) is 0.770. The normalized spacial score (nSPS) is 16.6. The maximum atomic E-state index is 12.0. The van der Waals surface area contributed by atoms with Gasteiger partial charge in [0.1, 0.15) is 16.9 Å². The first-order valence-corrected chi connectivity index (χ1v) is 9.03. The van der Waals surface area contributed by atoms with Crippen LogP contribution in [0.1, 0.15) is 29.5 Å². The van der Waals surface area contributed by atoms with E-state index in [9.17, 15) is 4.79 Å². The van der Waals surface area contributed by atoms with Crippen molar-refractivity contribution >= 4 is 33.3 Å². The topological polar surface area (TPSA) is 90.1 Å². The molecule has 0 radical (unpaired) electrons. The number of ether oxygens (including phenoxy) is 1. The maximum absolute atomic E-state index is 12.0. The summed E-state index contributed by atoms with van der Waals surface area (Å²) in [5, 5.41) is 7.32. The summed E-state index contributed by atoms with van der Waals surface area (Å²) in [4.78, 5) is 23.0. The number of carbonyl (C=O) groups is 1. The second-order valence-electron chi connectivity index (χ2n) is 6.37. The van der Waals surface area contributed by atoms with Crippen LogP contribution in [0, 0.1) is 12.8 Å². The lowest BCUT2D eigenvalue weighted by Crippen LogP contribution is -2.20. The third-order valence-electron chi connectivity index (χ3n) is 4.29. The number of anilines is 1. The van der Waals surface area contributed by atoms with E-state index in [0.29, 0.717) is 23.4 Å². The molecule has 3 heterocycles. The molecule has 1 aliphatic carbocycles. The lowest BCUT2D eigenvalue weighted by atomic mass is 9.89. The lowest BCUT2D eigenvalue weighted by Gasteiger charge is -2.18. The summed E-state index contributed by atoms with van der Waals surface area (Å²) in [5.74, 6) is 1.87. The average molecular weight is 358 g/mol. The Balaban J connectivity index is 1.52. The van der Waals surface area contributed by atoms with Crippen molar-refractivity contribution in [3.63, 3.8) is 0 Å². The maximum Gasteiger partial charge on any atom is 0.263 e.